The Hall–Kier alpha value is -0.900. The van der Waals surface area contributed by atoms with Crippen molar-refractivity contribution in [1.82, 2.24) is 9.80 Å². The Morgan fingerprint density at radius 3 is 2.61 bits per heavy atom. The molecule has 1 fully saturated rings. The molecule has 0 bridgehead atoms. The Morgan fingerprint density at radius 1 is 1.22 bits per heavy atom. The van der Waals surface area contributed by atoms with Gasteiger partial charge in [0.15, 0.2) is 0 Å². The first-order valence-corrected chi connectivity index (χ1v) is 6.89. The van der Waals surface area contributed by atoms with E-state index in [0.717, 1.165) is 32.6 Å². The number of hydrogen-bond acceptors (Lipinski definition) is 3. The molecule has 2 N–H and O–H groups in total. The van der Waals surface area contributed by atoms with Gasteiger partial charge in [0.05, 0.1) is 0 Å². The number of rotatable bonds is 4. The van der Waals surface area contributed by atoms with Crippen molar-refractivity contribution in [2.45, 2.75) is 25.4 Å². The van der Waals surface area contributed by atoms with E-state index in [-0.39, 0.29) is 0 Å². The minimum Gasteiger partial charge on any atom is -0.329 e. The van der Waals surface area contributed by atoms with Gasteiger partial charge in [-0.1, -0.05) is 30.3 Å². The lowest BCUT2D eigenvalue weighted by Crippen LogP contribution is -2.58. The quantitative estimate of drug-likeness (QED) is 0.867. The summed E-state index contributed by atoms with van der Waals surface area (Å²) < 4.78 is 0. The van der Waals surface area contributed by atoms with E-state index in [0.29, 0.717) is 12.1 Å². The lowest BCUT2D eigenvalue weighted by molar-refractivity contribution is 0.0568. The summed E-state index contributed by atoms with van der Waals surface area (Å²) in [4.78, 5) is 4.97. The molecule has 100 valence electrons. The van der Waals surface area contributed by atoms with Gasteiger partial charge in [-0.25, -0.2) is 0 Å². The lowest BCUT2D eigenvalue weighted by atomic mass is 10.1. The van der Waals surface area contributed by atoms with Gasteiger partial charge in [-0.05, 0) is 26.0 Å². The second-order valence-electron chi connectivity index (χ2n) is 5.41. The predicted molar refractivity (Wildman–Crippen MR) is 76.7 cm³/mol. The van der Waals surface area contributed by atoms with Crippen LogP contribution in [0.4, 0.5) is 0 Å². The molecule has 18 heavy (non-hydrogen) atoms. The van der Waals surface area contributed by atoms with Gasteiger partial charge in [-0.2, -0.15) is 0 Å². The molecule has 0 radical (unpaired) electrons. The predicted octanol–water partition coefficient (Wildman–Crippen LogP) is 1.19. The highest BCUT2D eigenvalue weighted by Crippen LogP contribution is 2.14. The van der Waals surface area contributed by atoms with Crippen LogP contribution in [0, 0.1) is 0 Å². The molecule has 0 saturated carbocycles. The smallest absolute Gasteiger partial charge is 0.0343 e. The van der Waals surface area contributed by atoms with E-state index in [1.54, 1.807) is 0 Å². The highest BCUT2D eigenvalue weighted by molar-refractivity contribution is 5.15. The fraction of sp³-hybridized carbons (Fsp3) is 0.600. The Labute approximate surface area is 111 Å². The van der Waals surface area contributed by atoms with Crippen LogP contribution >= 0.6 is 0 Å². The number of nitrogens with zero attached hydrogens (tertiary/aromatic N) is 2. The molecule has 3 heteroatoms. The maximum atomic E-state index is 5.84. The highest BCUT2D eigenvalue weighted by Gasteiger charge is 2.27. The van der Waals surface area contributed by atoms with Crippen LogP contribution in [-0.2, 0) is 6.42 Å². The molecule has 3 nitrogen and oxygen atoms in total. The Balaban J connectivity index is 1.88. The molecule has 0 spiro atoms. The molecule has 0 aliphatic carbocycles. The Morgan fingerprint density at radius 2 is 1.94 bits per heavy atom. The zero-order chi connectivity index (χ0) is 13.0. The normalized spacial score (nSPS) is 26.4. The standard InChI is InChI=1S/C15H25N3/c1-13-11-17(2)15(10-16)12-18(13)9-8-14-6-4-3-5-7-14/h3-7,13,15H,8-12,16H2,1-2H3. The summed E-state index contributed by atoms with van der Waals surface area (Å²) in [6.07, 6.45) is 1.13. The van der Waals surface area contributed by atoms with Crippen molar-refractivity contribution < 1.29 is 0 Å². The summed E-state index contributed by atoms with van der Waals surface area (Å²) in [6, 6.07) is 11.9. The fourth-order valence-corrected chi connectivity index (χ4v) is 2.75. The number of hydrogen-bond donors (Lipinski definition) is 1. The zero-order valence-electron chi connectivity index (χ0n) is 11.5. The Bertz CT molecular complexity index is 352. The van der Waals surface area contributed by atoms with Crippen molar-refractivity contribution in [3.8, 4) is 0 Å². The average Bonchev–Trinajstić information content (AvgIpc) is 2.39. The topological polar surface area (TPSA) is 32.5 Å². The first-order chi connectivity index (χ1) is 8.70. The highest BCUT2D eigenvalue weighted by atomic mass is 15.3. The summed E-state index contributed by atoms with van der Waals surface area (Å²) in [6.45, 7) is 6.42. The van der Waals surface area contributed by atoms with Crippen LogP contribution < -0.4 is 5.73 Å². The van der Waals surface area contributed by atoms with E-state index in [4.69, 9.17) is 5.73 Å². The van der Waals surface area contributed by atoms with Crippen molar-refractivity contribution in [2.24, 2.45) is 5.73 Å². The monoisotopic (exact) mass is 247 g/mol. The minimum atomic E-state index is 0.511. The first-order valence-electron chi connectivity index (χ1n) is 6.89. The molecule has 2 rings (SSSR count). The summed E-state index contributed by atoms with van der Waals surface area (Å²) in [5.41, 5.74) is 7.26. The molecule has 1 aromatic rings. The van der Waals surface area contributed by atoms with Gasteiger partial charge in [-0.3, -0.25) is 9.80 Å². The fourth-order valence-electron chi connectivity index (χ4n) is 2.75. The molecular formula is C15H25N3. The third-order valence-electron chi connectivity index (χ3n) is 4.05. The maximum Gasteiger partial charge on any atom is 0.0343 e. The van der Waals surface area contributed by atoms with Gasteiger partial charge in [0.1, 0.15) is 0 Å². The van der Waals surface area contributed by atoms with Crippen molar-refractivity contribution in [2.75, 3.05) is 33.2 Å². The van der Waals surface area contributed by atoms with Crippen molar-refractivity contribution >= 4 is 0 Å². The summed E-state index contributed by atoms with van der Waals surface area (Å²) in [5, 5.41) is 0. The number of likely N-dealkylation sites (N-methyl/N-ethyl adjacent to an activating group) is 1. The van der Waals surface area contributed by atoms with E-state index in [1.165, 1.54) is 5.56 Å². The molecule has 1 heterocycles. The second kappa shape index (κ2) is 6.32. The Kier molecular flexibility index (Phi) is 4.75. The molecule has 1 aliphatic rings. The van der Waals surface area contributed by atoms with Gasteiger partial charge in [-0.15, -0.1) is 0 Å². The number of piperazine rings is 1. The molecule has 0 aromatic heterocycles. The SMILES string of the molecule is CC1CN(C)C(CN)CN1CCc1ccccc1. The largest absolute Gasteiger partial charge is 0.329 e. The maximum absolute atomic E-state index is 5.84. The first kappa shape index (κ1) is 13.5. The van der Waals surface area contributed by atoms with Crippen LogP contribution in [0.5, 0.6) is 0 Å². The summed E-state index contributed by atoms with van der Waals surface area (Å²) >= 11 is 0. The van der Waals surface area contributed by atoms with Crippen LogP contribution in [0.2, 0.25) is 0 Å². The lowest BCUT2D eigenvalue weighted by Gasteiger charge is -2.43. The van der Waals surface area contributed by atoms with E-state index in [1.807, 2.05) is 0 Å². The molecule has 1 aliphatic heterocycles. The van der Waals surface area contributed by atoms with Crippen molar-refractivity contribution in [3.63, 3.8) is 0 Å². The van der Waals surface area contributed by atoms with Crippen LogP contribution in [0.15, 0.2) is 30.3 Å². The van der Waals surface area contributed by atoms with Gasteiger partial charge >= 0.3 is 0 Å². The molecule has 1 aromatic carbocycles. The van der Waals surface area contributed by atoms with Crippen molar-refractivity contribution in [1.29, 1.82) is 0 Å². The van der Waals surface area contributed by atoms with E-state index >= 15 is 0 Å². The van der Waals surface area contributed by atoms with Crippen molar-refractivity contribution in [3.05, 3.63) is 35.9 Å². The number of nitrogens with two attached hydrogens (primary N) is 1. The molecule has 0 amide bonds. The van der Waals surface area contributed by atoms with Gasteiger partial charge in [0.25, 0.3) is 0 Å². The number of benzene rings is 1. The van der Waals surface area contributed by atoms with Crippen LogP contribution in [0.25, 0.3) is 0 Å². The summed E-state index contributed by atoms with van der Waals surface area (Å²) in [5.74, 6) is 0. The van der Waals surface area contributed by atoms with E-state index in [9.17, 15) is 0 Å². The molecule has 2 unspecified atom stereocenters. The van der Waals surface area contributed by atoms with E-state index < -0.39 is 0 Å². The molecular weight excluding hydrogens is 222 g/mol. The minimum absolute atomic E-state index is 0.511. The van der Waals surface area contributed by atoms with Crippen LogP contribution in [-0.4, -0.2) is 55.1 Å². The molecule has 2 atom stereocenters. The third-order valence-corrected chi connectivity index (χ3v) is 4.05. The molecule has 1 saturated heterocycles. The van der Waals surface area contributed by atoms with E-state index in [2.05, 4.69) is 54.1 Å². The third kappa shape index (κ3) is 3.31. The van der Waals surface area contributed by atoms with Gasteiger partial charge in [0.2, 0.25) is 0 Å². The summed E-state index contributed by atoms with van der Waals surface area (Å²) in [7, 11) is 2.18. The average molecular weight is 247 g/mol. The van der Waals surface area contributed by atoms with Gasteiger partial charge in [0, 0.05) is 38.3 Å². The second-order valence-corrected chi connectivity index (χ2v) is 5.41. The zero-order valence-corrected chi connectivity index (χ0v) is 11.5. The van der Waals surface area contributed by atoms with Gasteiger partial charge < -0.3 is 5.73 Å². The van der Waals surface area contributed by atoms with Crippen LogP contribution in [0.3, 0.4) is 0 Å². The van der Waals surface area contributed by atoms with Crippen LogP contribution in [0.1, 0.15) is 12.5 Å².